The minimum absolute atomic E-state index is 0.0735. The lowest BCUT2D eigenvalue weighted by atomic mass is 9.87. The number of rotatable bonds is 6. The van der Waals surface area contributed by atoms with Crippen LogP contribution in [0.5, 0.6) is 0 Å². The summed E-state index contributed by atoms with van der Waals surface area (Å²) in [6.07, 6.45) is 0.723. The molecule has 0 radical (unpaired) electrons. The van der Waals surface area contributed by atoms with Crippen molar-refractivity contribution in [1.29, 1.82) is 0 Å². The molecule has 1 atom stereocenters. The number of primary amides is 1. The molecular weight excluding hydrogens is 224 g/mol. The first kappa shape index (κ1) is 15.2. The Morgan fingerprint density at radius 2 is 1.88 bits per heavy atom. The van der Waals surface area contributed by atoms with E-state index in [0.29, 0.717) is 17.3 Å². The highest BCUT2D eigenvalue weighted by molar-refractivity contribution is 7.80. The molecular formula is C11H22N2O2S. The van der Waals surface area contributed by atoms with Gasteiger partial charge in [0.2, 0.25) is 0 Å². The fourth-order valence-electron chi connectivity index (χ4n) is 1.78. The second-order valence-electron chi connectivity index (χ2n) is 5.11. The zero-order chi connectivity index (χ0) is 12.9. The minimum Gasteiger partial charge on any atom is -0.444 e. The maximum absolute atomic E-state index is 10.7. The van der Waals surface area contributed by atoms with Gasteiger partial charge in [-0.25, -0.2) is 4.79 Å². The number of ether oxygens (including phenoxy) is 1. The molecule has 0 aliphatic rings. The molecule has 94 valence electrons. The van der Waals surface area contributed by atoms with Gasteiger partial charge in [0, 0.05) is 5.92 Å². The van der Waals surface area contributed by atoms with Crippen molar-refractivity contribution in [3.63, 3.8) is 0 Å². The molecule has 1 unspecified atom stereocenters. The Hall–Kier alpha value is -0.840. The lowest BCUT2D eigenvalue weighted by Crippen LogP contribution is -2.36. The van der Waals surface area contributed by atoms with E-state index in [9.17, 15) is 4.79 Å². The zero-order valence-electron chi connectivity index (χ0n) is 10.4. The molecule has 4 nitrogen and oxygen atoms in total. The number of carbonyl (C=O) groups excluding carboxylic acids is 1. The van der Waals surface area contributed by atoms with Crippen LogP contribution >= 0.6 is 12.2 Å². The number of nitrogens with two attached hydrogens (primary N) is 2. The van der Waals surface area contributed by atoms with Crippen LogP contribution in [0.15, 0.2) is 0 Å². The first-order chi connectivity index (χ1) is 7.14. The monoisotopic (exact) mass is 246 g/mol. The van der Waals surface area contributed by atoms with Gasteiger partial charge in [-0.2, -0.15) is 0 Å². The third-order valence-corrected chi connectivity index (χ3v) is 2.61. The van der Waals surface area contributed by atoms with Crippen LogP contribution in [0.3, 0.4) is 0 Å². The van der Waals surface area contributed by atoms with Crippen molar-refractivity contribution in [2.45, 2.75) is 46.1 Å². The molecule has 0 aliphatic heterocycles. The largest absolute Gasteiger partial charge is 0.444 e. The summed E-state index contributed by atoms with van der Waals surface area (Å²) < 4.78 is 5.02. The average molecular weight is 246 g/mol. The van der Waals surface area contributed by atoms with E-state index in [1.54, 1.807) is 0 Å². The van der Waals surface area contributed by atoms with Crippen LogP contribution in [0.4, 0.5) is 4.79 Å². The molecule has 0 fully saturated rings. The molecule has 4 N–H and O–H groups in total. The maximum atomic E-state index is 10.7. The lowest BCUT2D eigenvalue weighted by Gasteiger charge is -2.29. The lowest BCUT2D eigenvalue weighted by molar-refractivity contribution is 0.0311. The van der Waals surface area contributed by atoms with E-state index in [1.165, 1.54) is 0 Å². The van der Waals surface area contributed by atoms with E-state index in [0.717, 1.165) is 6.42 Å². The predicted octanol–water partition coefficient (Wildman–Crippen LogP) is 2.20. The summed E-state index contributed by atoms with van der Waals surface area (Å²) >= 11 is 5.02. The van der Waals surface area contributed by atoms with Gasteiger partial charge in [0.05, 0.1) is 4.99 Å². The van der Waals surface area contributed by atoms with Gasteiger partial charge < -0.3 is 16.2 Å². The normalized spacial score (nSPS) is 13.6. The molecule has 0 aromatic rings. The van der Waals surface area contributed by atoms with Crippen LogP contribution in [-0.4, -0.2) is 16.7 Å². The molecule has 16 heavy (non-hydrogen) atoms. The summed E-state index contributed by atoms with van der Waals surface area (Å²) in [5.74, 6) is 0.570. The fourth-order valence-corrected chi connectivity index (χ4v) is 1.96. The van der Waals surface area contributed by atoms with Gasteiger partial charge in [0.25, 0.3) is 0 Å². The maximum Gasteiger partial charge on any atom is 0.405 e. The van der Waals surface area contributed by atoms with Gasteiger partial charge in [-0.15, -0.1) is 0 Å². The second-order valence-corrected chi connectivity index (χ2v) is 5.59. The van der Waals surface area contributed by atoms with Gasteiger partial charge in [0.1, 0.15) is 5.60 Å². The third-order valence-electron chi connectivity index (χ3n) is 2.27. The van der Waals surface area contributed by atoms with Crippen molar-refractivity contribution in [2.24, 2.45) is 23.3 Å². The van der Waals surface area contributed by atoms with Crippen LogP contribution in [0.1, 0.15) is 40.5 Å². The number of carbonyl (C=O) groups is 1. The van der Waals surface area contributed by atoms with Crippen molar-refractivity contribution in [3.05, 3.63) is 0 Å². The Kier molecular flexibility index (Phi) is 5.72. The highest BCUT2D eigenvalue weighted by Gasteiger charge is 2.28. The van der Waals surface area contributed by atoms with Gasteiger partial charge in [-0.1, -0.05) is 26.1 Å². The van der Waals surface area contributed by atoms with E-state index in [2.05, 4.69) is 13.8 Å². The first-order valence-corrected chi connectivity index (χ1v) is 5.82. The standard InChI is InChI=1S/C11H22N2O2S/c1-7(2)5-8(9(12)16)6-11(3,4)15-10(13)14/h7-8H,5-6H2,1-4H3,(H2,12,16)(H2,13,14). The van der Waals surface area contributed by atoms with Crippen LogP contribution in [-0.2, 0) is 4.74 Å². The highest BCUT2D eigenvalue weighted by Crippen LogP contribution is 2.25. The molecule has 0 aromatic heterocycles. The van der Waals surface area contributed by atoms with Gasteiger partial charge in [-0.05, 0) is 32.6 Å². The zero-order valence-corrected chi connectivity index (χ0v) is 11.3. The van der Waals surface area contributed by atoms with E-state index < -0.39 is 11.7 Å². The average Bonchev–Trinajstić information content (AvgIpc) is 1.98. The molecule has 0 heterocycles. The summed E-state index contributed by atoms with van der Waals surface area (Å²) in [7, 11) is 0. The highest BCUT2D eigenvalue weighted by atomic mass is 32.1. The van der Waals surface area contributed by atoms with E-state index in [1.807, 2.05) is 13.8 Å². The molecule has 0 aliphatic carbocycles. The Bertz CT molecular complexity index is 265. The summed E-state index contributed by atoms with van der Waals surface area (Å²) in [6, 6.07) is 0. The summed E-state index contributed by atoms with van der Waals surface area (Å²) in [5, 5.41) is 0. The van der Waals surface area contributed by atoms with Crippen molar-refractivity contribution >= 4 is 23.3 Å². The fraction of sp³-hybridized carbons (Fsp3) is 0.818. The van der Waals surface area contributed by atoms with Crippen LogP contribution in [0.2, 0.25) is 0 Å². The Morgan fingerprint density at radius 1 is 1.38 bits per heavy atom. The molecule has 0 spiro atoms. The number of thiocarbonyl (C=S) groups is 1. The Labute approximate surface area is 103 Å². The van der Waals surface area contributed by atoms with Gasteiger partial charge in [0.15, 0.2) is 0 Å². The molecule has 0 rings (SSSR count). The SMILES string of the molecule is CC(C)CC(CC(C)(C)OC(N)=O)C(N)=S. The molecule has 0 aromatic carbocycles. The van der Waals surface area contributed by atoms with Crippen molar-refractivity contribution in [1.82, 2.24) is 0 Å². The first-order valence-electron chi connectivity index (χ1n) is 5.42. The summed E-state index contributed by atoms with van der Waals surface area (Å²) in [6.45, 7) is 7.83. The number of amides is 1. The van der Waals surface area contributed by atoms with Crippen molar-refractivity contribution in [3.8, 4) is 0 Å². The minimum atomic E-state index is -0.767. The van der Waals surface area contributed by atoms with Crippen LogP contribution in [0, 0.1) is 11.8 Å². The van der Waals surface area contributed by atoms with Crippen LogP contribution < -0.4 is 11.5 Å². The Morgan fingerprint density at radius 3 is 2.19 bits per heavy atom. The predicted molar refractivity (Wildman–Crippen MR) is 69.1 cm³/mol. The molecule has 1 amide bonds. The quantitative estimate of drug-likeness (QED) is 0.704. The van der Waals surface area contributed by atoms with Crippen molar-refractivity contribution < 1.29 is 9.53 Å². The second kappa shape index (κ2) is 6.03. The molecule has 5 heteroatoms. The van der Waals surface area contributed by atoms with E-state index in [4.69, 9.17) is 28.4 Å². The topological polar surface area (TPSA) is 78.3 Å². The molecule has 0 saturated carbocycles. The smallest absolute Gasteiger partial charge is 0.405 e. The summed E-state index contributed by atoms with van der Waals surface area (Å²) in [4.78, 5) is 11.2. The van der Waals surface area contributed by atoms with Gasteiger partial charge >= 0.3 is 6.09 Å². The number of hydrogen-bond donors (Lipinski definition) is 2. The number of hydrogen-bond acceptors (Lipinski definition) is 3. The Balaban J connectivity index is 4.49. The van der Waals surface area contributed by atoms with Crippen LogP contribution in [0.25, 0.3) is 0 Å². The van der Waals surface area contributed by atoms with Crippen molar-refractivity contribution in [2.75, 3.05) is 0 Å². The third kappa shape index (κ3) is 6.61. The molecule has 0 bridgehead atoms. The van der Waals surface area contributed by atoms with E-state index in [-0.39, 0.29) is 5.92 Å². The summed E-state index contributed by atoms with van der Waals surface area (Å²) in [5.41, 5.74) is 10.1. The molecule has 0 saturated heterocycles. The van der Waals surface area contributed by atoms with Gasteiger partial charge in [-0.3, -0.25) is 0 Å². The van der Waals surface area contributed by atoms with E-state index >= 15 is 0 Å².